The molecule has 1 saturated heterocycles. The first kappa shape index (κ1) is 14.3. The number of hydrogen-bond donors (Lipinski definition) is 1. The van der Waals surface area contributed by atoms with Crippen molar-refractivity contribution in [3.63, 3.8) is 0 Å². The van der Waals surface area contributed by atoms with Crippen molar-refractivity contribution in [3.05, 3.63) is 23.5 Å². The molecule has 0 saturated carbocycles. The predicted octanol–water partition coefficient (Wildman–Crippen LogP) is 1.02. The van der Waals surface area contributed by atoms with E-state index in [1.54, 1.807) is 28.8 Å². The number of amides is 1. The Morgan fingerprint density at radius 1 is 1.30 bits per heavy atom. The van der Waals surface area contributed by atoms with Gasteiger partial charge in [-0.15, -0.1) is 0 Å². The minimum Gasteiger partial charge on any atom is -0.481 e. The van der Waals surface area contributed by atoms with Crippen LogP contribution >= 0.6 is 0 Å². The number of hydrogen-bond acceptors (Lipinski definition) is 3. The van der Waals surface area contributed by atoms with Crippen LogP contribution in [0.25, 0.3) is 0 Å². The second kappa shape index (κ2) is 5.11. The number of carbonyl (C=O) groups is 3. The number of ketones is 1. The Balaban J connectivity index is 2.21. The van der Waals surface area contributed by atoms with E-state index in [4.69, 9.17) is 5.11 Å². The van der Waals surface area contributed by atoms with E-state index >= 15 is 0 Å². The maximum Gasteiger partial charge on any atom is 0.308 e. The van der Waals surface area contributed by atoms with Gasteiger partial charge in [-0.05, 0) is 18.9 Å². The zero-order valence-electron chi connectivity index (χ0n) is 11.8. The van der Waals surface area contributed by atoms with Crippen molar-refractivity contribution < 1.29 is 19.5 Å². The molecule has 6 heteroatoms. The number of likely N-dealkylation sites (tertiary alicyclic amines) is 1. The first-order valence-corrected chi connectivity index (χ1v) is 6.50. The van der Waals surface area contributed by atoms with Crippen LogP contribution in [0.15, 0.2) is 12.3 Å². The van der Waals surface area contributed by atoms with Crippen LogP contribution in [0.2, 0.25) is 0 Å². The fourth-order valence-corrected chi connectivity index (χ4v) is 2.59. The van der Waals surface area contributed by atoms with Crippen molar-refractivity contribution >= 4 is 17.7 Å². The standard InChI is InChI=1S/C14H18N2O4/c1-8-5-16(7-11(8)14(19)20)13(18)12-4-10(9(2)17)6-15(12)3/h4,6,8,11H,5,7H2,1-3H3,(H,19,20). The molecule has 1 aromatic heterocycles. The van der Waals surface area contributed by atoms with Gasteiger partial charge in [0.2, 0.25) is 0 Å². The summed E-state index contributed by atoms with van der Waals surface area (Å²) in [5.74, 6) is -1.78. The van der Waals surface area contributed by atoms with E-state index in [0.29, 0.717) is 17.8 Å². The fourth-order valence-electron chi connectivity index (χ4n) is 2.59. The molecule has 2 rings (SSSR count). The van der Waals surface area contributed by atoms with Gasteiger partial charge < -0.3 is 14.6 Å². The highest BCUT2D eigenvalue weighted by molar-refractivity contribution is 5.99. The van der Waals surface area contributed by atoms with Crippen LogP contribution < -0.4 is 0 Å². The van der Waals surface area contributed by atoms with Crippen LogP contribution in [-0.2, 0) is 11.8 Å². The van der Waals surface area contributed by atoms with Crippen molar-refractivity contribution in [1.29, 1.82) is 0 Å². The number of aliphatic carboxylic acids is 1. The quantitative estimate of drug-likeness (QED) is 0.837. The molecule has 1 amide bonds. The molecule has 2 unspecified atom stereocenters. The van der Waals surface area contributed by atoms with Gasteiger partial charge in [-0.1, -0.05) is 6.92 Å². The Morgan fingerprint density at radius 3 is 2.40 bits per heavy atom. The van der Waals surface area contributed by atoms with Crippen molar-refractivity contribution in [2.24, 2.45) is 18.9 Å². The molecule has 1 aromatic rings. The Morgan fingerprint density at radius 2 is 1.95 bits per heavy atom. The van der Waals surface area contributed by atoms with Gasteiger partial charge in [0.1, 0.15) is 5.69 Å². The maximum atomic E-state index is 12.4. The minimum atomic E-state index is -0.871. The summed E-state index contributed by atoms with van der Waals surface area (Å²) in [6.07, 6.45) is 1.61. The molecule has 0 bridgehead atoms. The molecule has 0 aromatic carbocycles. The van der Waals surface area contributed by atoms with E-state index < -0.39 is 11.9 Å². The van der Waals surface area contributed by atoms with Crippen LogP contribution in [-0.4, -0.2) is 45.3 Å². The van der Waals surface area contributed by atoms with Gasteiger partial charge in [-0.25, -0.2) is 0 Å². The molecular weight excluding hydrogens is 260 g/mol. The second-order valence-corrected chi connectivity index (χ2v) is 5.41. The SMILES string of the molecule is CC(=O)c1cc(C(=O)N2CC(C)C(C(=O)O)C2)n(C)c1. The summed E-state index contributed by atoms with van der Waals surface area (Å²) in [7, 11) is 1.70. The molecule has 108 valence electrons. The third-order valence-corrected chi connectivity index (χ3v) is 3.85. The average molecular weight is 278 g/mol. The molecule has 1 aliphatic heterocycles. The van der Waals surface area contributed by atoms with Crippen LogP contribution in [0.3, 0.4) is 0 Å². The van der Waals surface area contributed by atoms with Crippen molar-refractivity contribution in [1.82, 2.24) is 9.47 Å². The third-order valence-electron chi connectivity index (χ3n) is 3.85. The minimum absolute atomic E-state index is 0.0657. The second-order valence-electron chi connectivity index (χ2n) is 5.41. The summed E-state index contributed by atoms with van der Waals surface area (Å²) in [6, 6.07) is 1.56. The summed E-state index contributed by atoms with van der Waals surface area (Å²) >= 11 is 0. The van der Waals surface area contributed by atoms with Gasteiger partial charge >= 0.3 is 5.97 Å². The number of Topliss-reactive ketones (excluding diaryl/α,β-unsaturated/α-hetero) is 1. The summed E-state index contributed by atoms with van der Waals surface area (Å²) in [6.45, 7) is 3.92. The number of nitrogens with zero attached hydrogens (tertiary/aromatic N) is 2. The van der Waals surface area contributed by atoms with E-state index in [-0.39, 0.29) is 24.2 Å². The largest absolute Gasteiger partial charge is 0.481 e. The number of carboxylic acids is 1. The molecule has 0 radical (unpaired) electrons. The van der Waals surface area contributed by atoms with Crippen molar-refractivity contribution in [3.8, 4) is 0 Å². The first-order chi connectivity index (χ1) is 9.31. The van der Waals surface area contributed by atoms with E-state index in [2.05, 4.69) is 0 Å². The van der Waals surface area contributed by atoms with E-state index in [1.165, 1.54) is 6.92 Å². The summed E-state index contributed by atoms with van der Waals surface area (Å²) in [4.78, 5) is 36.4. The molecule has 20 heavy (non-hydrogen) atoms. The van der Waals surface area contributed by atoms with Gasteiger partial charge in [-0.2, -0.15) is 0 Å². The first-order valence-electron chi connectivity index (χ1n) is 6.50. The normalized spacial score (nSPS) is 22.1. The number of aromatic nitrogens is 1. The lowest BCUT2D eigenvalue weighted by Gasteiger charge is -2.16. The molecule has 1 N–H and O–H groups in total. The van der Waals surface area contributed by atoms with Crippen LogP contribution in [0, 0.1) is 11.8 Å². The van der Waals surface area contributed by atoms with Crippen LogP contribution in [0.1, 0.15) is 34.7 Å². The monoisotopic (exact) mass is 278 g/mol. The van der Waals surface area contributed by atoms with Gasteiger partial charge in [0.15, 0.2) is 5.78 Å². The molecule has 0 aliphatic carbocycles. The fraction of sp³-hybridized carbons (Fsp3) is 0.500. The molecule has 2 heterocycles. The van der Waals surface area contributed by atoms with Gasteiger partial charge in [0.05, 0.1) is 5.92 Å². The molecule has 1 fully saturated rings. The van der Waals surface area contributed by atoms with E-state index in [0.717, 1.165) is 0 Å². The zero-order chi connectivity index (χ0) is 15.0. The molecule has 1 aliphatic rings. The van der Waals surface area contributed by atoms with Crippen LogP contribution in [0.5, 0.6) is 0 Å². The zero-order valence-corrected chi connectivity index (χ0v) is 11.8. The maximum absolute atomic E-state index is 12.4. The van der Waals surface area contributed by atoms with Gasteiger partial charge in [0.25, 0.3) is 5.91 Å². The van der Waals surface area contributed by atoms with Gasteiger partial charge in [-0.3, -0.25) is 14.4 Å². The Bertz CT molecular complexity index is 576. The lowest BCUT2D eigenvalue weighted by atomic mass is 9.99. The highest BCUT2D eigenvalue weighted by atomic mass is 16.4. The molecular formula is C14H18N2O4. The molecule has 6 nitrogen and oxygen atoms in total. The average Bonchev–Trinajstić information content (AvgIpc) is 2.92. The lowest BCUT2D eigenvalue weighted by molar-refractivity contribution is -0.142. The highest BCUT2D eigenvalue weighted by Gasteiger charge is 2.37. The number of carbonyl (C=O) groups excluding carboxylic acids is 2. The predicted molar refractivity (Wildman–Crippen MR) is 71.6 cm³/mol. The van der Waals surface area contributed by atoms with Crippen molar-refractivity contribution in [2.75, 3.05) is 13.1 Å². The Labute approximate surface area is 117 Å². The molecule has 0 spiro atoms. The number of carboxylic acid groups (broad SMARTS) is 1. The third kappa shape index (κ3) is 2.45. The van der Waals surface area contributed by atoms with E-state index in [1.807, 2.05) is 6.92 Å². The molecule has 2 atom stereocenters. The van der Waals surface area contributed by atoms with Crippen molar-refractivity contribution in [2.45, 2.75) is 13.8 Å². The number of aryl methyl sites for hydroxylation is 1. The Hall–Kier alpha value is -2.11. The summed E-state index contributed by atoms with van der Waals surface area (Å²) < 4.78 is 1.61. The van der Waals surface area contributed by atoms with Gasteiger partial charge in [0, 0.05) is 31.9 Å². The summed E-state index contributed by atoms with van der Waals surface area (Å²) in [5.41, 5.74) is 0.895. The smallest absolute Gasteiger partial charge is 0.308 e. The number of rotatable bonds is 3. The highest BCUT2D eigenvalue weighted by Crippen LogP contribution is 2.25. The lowest BCUT2D eigenvalue weighted by Crippen LogP contribution is -2.31. The Kier molecular flexibility index (Phi) is 3.65. The topological polar surface area (TPSA) is 79.6 Å². The summed E-state index contributed by atoms with van der Waals surface area (Å²) in [5, 5.41) is 9.10. The van der Waals surface area contributed by atoms with E-state index in [9.17, 15) is 14.4 Å². The van der Waals surface area contributed by atoms with Crippen LogP contribution in [0.4, 0.5) is 0 Å².